The first-order valence-corrected chi connectivity index (χ1v) is 10.7. The molecule has 6 heteroatoms. The third-order valence-corrected chi connectivity index (χ3v) is 5.58. The number of guanidine groups is 1. The van der Waals surface area contributed by atoms with E-state index >= 15 is 0 Å². The standard InChI is InChI=1S/C22H34FN3O2/c1-2-24-21(25-11-4-12-28-16-18-7-8-18)26-17-22(9-13-27-14-10-22)19-5-3-6-20(23)15-19/h3,5-6,15,18H,2,4,7-14,16-17H2,1H3,(H2,24,25,26). The molecule has 28 heavy (non-hydrogen) atoms. The van der Waals surface area contributed by atoms with E-state index < -0.39 is 0 Å². The van der Waals surface area contributed by atoms with Gasteiger partial charge in [-0.2, -0.15) is 0 Å². The van der Waals surface area contributed by atoms with Crippen LogP contribution in [0.15, 0.2) is 29.3 Å². The van der Waals surface area contributed by atoms with Crippen LogP contribution in [0.2, 0.25) is 0 Å². The predicted molar refractivity (Wildman–Crippen MR) is 110 cm³/mol. The Morgan fingerprint density at radius 2 is 2.11 bits per heavy atom. The van der Waals surface area contributed by atoms with Gasteiger partial charge in [-0.3, -0.25) is 4.99 Å². The summed E-state index contributed by atoms with van der Waals surface area (Å²) in [6.07, 6.45) is 5.32. The van der Waals surface area contributed by atoms with E-state index in [2.05, 4.69) is 17.6 Å². The van der Waals surface area contributed by atoms with Gasteiger partial charge in [0.1, 0.15) is 5.82 Å². The largest absolute Gasteiger partial charge is 0.381 e. The highest BCUT2D eigenvalue weighted by atomic mass is 19.1. The Hall–Kier alpha value is -1.66. The van der Waals surface area contributed by atoms with E-state index in [9.17, 15) is 4.39 Å². The molecule has 5 nitrogen and oxygen atoms in total. The molecule has 2 N–H and O–H groups in total. The van der Waals surface area contributed by atoms with E-state index in [1.807, 2.05) is 6.07 Å². The van der Waals surface area contributed by atoms with Gasteiger partial charge in [-0.1, -0.05) is 12.1 Å². The van der Waals surface area contributed by atoms with Crippen molar-refractivity contribution in [2.75, 3.05) is 46.1 Å². The molecule has 0 amide bonds. The third-order valence-electron chi connectivity index (χ3n) is 5.58. The van der Waals surface area contributed by atoms with E-state index in [1.54, 1.807) is 12.1 Å². The summed E-state index contributed by atoms with van der Waals surface area (Å²) in [5.74, 6) is 1.43. The molecule has 1 aromatic carbocycles. The van der Waals surface area contributed by atoms with Gasteiger partial charge in [0.15, 0.2) is 5.96 Å². The third kappa shape index (κ3) is 6.45. The van der Waals surface area contributed by atoms with Crippen LogP contribution in [0.3, 0.4) is 0 Å². The second kappa shape index (κ2) is 10.8. The van der Waals surface area contributed by atoms with Gasteiger partial charge in [-0.25, -0.2) is 4.39 Å². The molecule has 2 fully saturated rings. The van der Waals surface area contributed by atoms with E-state index in [0.29, 0.717) is 19.8 Å². The minimum Gasteiger partial charge on any atom is -0.381 e. The molecule has 0 bridgehead atoms. The Morgan fingerprint density at radius 3 is 2.82 bits per heavy atom. The minimum absolute atomic E-state index is 0.171. The van der Waals surface area contributed by atoms with Gasteiger partial charge >= 0.3 is 0 Å². The molecule has 0 aromatic heterocycles. The lowest BCUT2D eigenvalue weighted by atomic mass is 9.74. The van der Waals surface area contributed by atoms with Crippen LogP contribution in [0.1, 0.15) is 44.6 Å². The molecule has 0 radical (unpaired) electrons. The number of nitrogens with zero attached hydrogens (tertiary/aromatic N) is 1. The van der Waals surface area contributed by atoms with E-state index in [1.165, 1.54) is 18.9 Å². The van der Waals surface area contributed by atoms with Crippen molar-refractivity contribution in [1.29, 1.82) is 0 Å². The lowest BCUT2D eigenvalue weighted by Crippen LogP contribution is -2.41. The van der Waals surface area contributed by atoms with E-state index in [-0.39, 0.29) is 11.2 Å². The number of hydrogen-bond donors (Lipinski definition) is 2. The topological polar surface area (TPSA) is 54.9 Å². The number of rotatable bonds is 10. The summed E-state index contributed by atoms with van der Waals surface area (Å²) in [6.45, 7) is 7.38. The maximum absolute atomic E-state index is 13.8. The average molecular weight is 392 g/mol. The number of ether oxygens (including phenoxy) is 2. The molecular formula is C22H34FN3O2. The Labute approximate surface area is 168 Å². The Balaban J connectivity index is 1.56. The Kier molecular flexibility index (Phi) is 8.10. The first-order valence-electron chi connectivity index (χ1n) is 10.7. The number of hydrogen-bond acceptors (Lipinski definition) is 3. The molecule has 1 aliphatic heterocycles. The minimum atomic E-state index is -0.191. The zero-order chi connectivity index (χ0) is 19.7. The summed E-state index contributed by atoms with van der Waals surface area (Å²) in [5, 5.41) is 6.71. The molecule has 0 unspecified atom stereocenters. The maximum Gasteiger partial charge on any atom is 0.191 e. The number of nitrogens with one attached hydrogen (secondary N) is 2. The maximum atomic E-state index is 13.8. The summed E-state index contributed by atoms with van der Waals surface area (Å²) in [7, 11) is 0. The van der Waals surface area contributed by atoms with Crippen molar-refractivity contribution in [1.82, 2.24) is 10.6 Å². The lowest BCUT2D eigenvalue weighted by molar-refractivity contribution is 0.0530. The van der Waals surface area contributed by atoms with Crippen LogP contribution in [-0.4, -0.2) is 52.0 Å². The zero-order valence-corrected chi connectivity index (χ0v) is 17.0. The average Bonchev–Trinajstić information content (AvgIpc) is 3.54. The highest BCUT2D eigenvalue weighted by molar-refractivity contribution is 5.79. The molecule has 1 aliphatic carbocycles. The molecular weight excluding hydrogens is 357 g/mol. The molecule has 1 heterocycles. The molecule has 1 aromatic rings. The summed E-state index contributed by atoms with van der Waals surface area (Å²) < 4.78 is 25.1. The van der Waals surface area contributed by atoms with Crippen molar-refractivity contribution >= 4 is 5.96 Å². The SMILES string of the molecule is CCNC(=NCC1(c2cccc(F)c2)CCOCC1)NCCCOCC1CC1. The lowest BCUT2D eigenvalue weighted by Gasteiger charge is -2.36. The summed E-state index contributed by atoms with van der Waals surface area (Å²) in [5.41, 5.74) is 0.847. The first kappa shape index (κ1) is 21.1. The Bertz CT molecular complexity index is 628. The summed E-state index contributed by atoms with van der Waals surface area (Å²) in [6, 6.07) is 6.95. The predicted octanol–water partition coefficient (Wildman–Crippen LogP) is 3.25. The van der Waals surface area contributed by atoms with Crippen molar-refractivity contribution in [2.45, 2.75) is 44.4 Å². The van der Waals surface area contributed by atoms with Gasteiger partial charge in [0.25, 0.3) is 0 Å². The second-order valence-electron chi connectivity index (χ2n) is 7.90. The number of benzene rings is 1. The molecule has 1 saturated heterocycles. The van der Waals surface area contributed by atoms with Crippen molar-refractivity contribution in [3.8, 4) is 0 Å². The first-order chi connectivity index (χ1) is 13.7. The molecule has 2 aliphatic rings. The van der Waals surface area contributed by atoms with Gasteiger partial charge in [-0.05, 0) is 62.6 Å². The van der Waals surface area contributed by atoms with Crippen LogP contribution in [0.4, 0.5) is 4.39 Å². The van der Waals surface area contributed by atoms with Gasteiger partial charge < -0.3 is 20.1 Å². The number of aliphatic imine (C=N–C) groups is 1. The van der Waals surface area contributed by atoms with Gasteiger partial charge in [0.2, 0.25) is 0 Å². The highest BCUT2D eigenvalue weighted by Gasteiger charge is 2.34. The van der Waals surface area contributed by atoms with Crippen LogP contribution in [-0.2, 0) is 14.9 Å². The van der Waals surface area contributed by atoms with Crippen LogP contribution < -0.4 is 10.6 Å². The molecule has 0 spiro atoms. The van der Waals surface area contributed by atoms with Gasteiger partial charge in [-0.15, -0.1) is 0 Å². The van der Waals surface area contributed by atoms with E-state index in [4.69, 9.17) is 14.5 Å². The van der Waals surface area contributed by atoms with Crippen LogP contribution in [0.5, 0.6) is 0 Å². The summed E-state index contributed by atoms with van der Waals surface area (Å²) in [4.78, 5) is 4.85. The number of halogens is 1. The van der Waals surface area contributed by atoms with Crippen LogP contribution in [0.25, 0.3) is 0 Å². The molecule has 0 atom stereocenters. The van der Waals surface area contributed by atoms with Crippen molar-refractivity contribution < 1.29 is 13.9 Å². The van der Waals surface area contributed by atoms with Crippen LogP contribution in [0, 0.1) is 11.7 Å². The Morgan fingerprint density at radius 1 is 1.29 bits per heavy atom. The van der Waals surface area contributed by atoms with Crippen molar-refractivity contribution in [2.24, 2.45) is 10.9 Å². The molecule has 3 rings (SSSR count). The highest BCUT2D eigenvalue weighted by Crippen LogP contribution is 2.35. The quantitative estimate of drug-likeness (QED) is 0.365. The smallest absolute Gasteiger partial charge is 0.191 e. The normalized spacial score (nSPS) is 19.4. The second-order valence-corrected chi connectivity index (χ2v) is 7.90. The van der Waals surface area contributed by atoms with Crippen LogP contribution >= 0.6 is 0 Å². The molecule has 1 saturated carbocycles. The molecule has 156 valence electrons. The fraction of sp³-hybridized carbons (Fsp3) is 0.682. The fourth-order valence-electron chi connectivity index (χ4n) is 3.61. The van der Waals surface area contributed by atoms with Crippen molar-refractivity contribution in [3.63, 3.8) is 0 Å². The van der Waals surface area contributed by atoms with Gasteiger partial charge in [0.05, 0.1) is 6.54 Å². The fourth-order valence-corrected chi connectivity index (χ4v) is 3.61. The summed E-state index contributed by atoms with van der Waals surface area (Å²) >= 11 is 0. The van der Waals surface area contributed by atoms with Crippen molar-refractivity contribution in [3.05, 3.63) is 35.6 Å². The monoisotopic (exact) mass is 391 g/mol. The van der Waals surface area contributed by atoms with E-state index in [0.717, 1.165) is 63.0 Å². The zero-order valence-electron chi connectivity index (χ0n) is 17.0. The van der Waals surface area contributed by atoms with Gasteiger partial charge in [0, 0.05) is 44.9 Å².